The van der Waals surface area contributed by atoms with Crippen LogP contribution in [0.15, 0.2) is 50.9 Å². The first-order chi connectivity index (χ1) is 15.0. The minimum absolute atomic E-state index is 0.115. The van der Waals surface area contributed by atoms with Crippen molar-refractivity contribution in [2.45, 2.75) is 52.5 Å². The molecule has 2 heterocycles. The van der Waals surface area contributed by atoms with Gasteiger partial charge in [0.1, 0.15) is 11.2 Å². The molecule has 6 nitrogen and oxygen atoms in total. The number of nitrogens with zero attached hydrogens (tertiary/aromatic N) is 2. The molecule has 0 unspecified atom stereocenters. The fraction of sp³-hybridized carbons (Fsp3) is 0.375. The van der Waals surface area contributed by atoms with Crippen LogP contribution in [-0.4, -0.2) is 21.6 Å². The zero-order valence-corrected chi connectivity index (χ0v) is 18.8. The average Bonchev–Trinajstić information content (AvgIpc) is 3.24. The molecule has 7 heteroatoms. The third-order valence-electron chi connectivity index (χ3n) is 5.80. The van der Waals surface area contributed by atoms with E-state index in [-0.39, 0.29) is 18.0 Å². The number of hydrogen-bond donors (Lipinski definition) is 1. The molecule has 1 N–H and O–H groups in total. The van der Waals surface area contributed by atoms with Crippen LogP contribution in [0.2, 0.25) is 0 Å². The maximum absolute atomic E-state index is 13.3. The van der Waals surface area contributed by atoms with E-state index < -0.39 is 5.69 Å². The molecule has 0 atom stereocenters. The van der Waals surface area contributed by atoms with E-state index in [0.717, 1.165) is 30.4 Å². The van der Waals surface area contributed by atoms with Crippen molar-refractivity contribution in [1.29, 1.82) is 0 Å². The summed E-state index contributed by atoms with van der Waals surface area (Å²) in [4.78, 5) is 39.1. The Labute approximate surface area is 184 Å². The van der Waals surface area contributed by atoms with Crippen molar-refractivity contribution < 1.29 is 4.79 Å². The number of rotatable bonds is 6. The van der Waals surface area contributed by atoms with Crippen LogP contribution in [0.3, 0.4) is 0 Å². The normalized spacial score (nSPS) is 13.9. The molecule has 162 valence electrons. The fourth-order valence-corrected chi connectivity index (χ4v) is 5.03. The number of amides is 1. The molecule has 31 heavy (non-hydrogen) atoms. The van der Waals surface area contributed by atoms with Crippen molar-refractivity contribution in [2.24, 2.45) is 0 Å². The second kappa shape index (κ2) is 9.06. The molecule has 0 fully saturated rings. The first-order valence-corrected chi connectivity index (χ1v) is 11.6. The Morgan fingerprint density at radius 3 is 2.74 bits per heavy atom. The Morgan fingerprint density at radius 2 is 2.00 bits per heavy atom. The quantitative estimate of drug-likeness (QED) is 0.596. The molecule has 0 bridgehead atoms. The van der Waals surface area contributed by atoms with Crippen LogP contribution in [0, 0.1) is 13.8 Å². The summed E-state index contributed by atoms with van der Waals surface area (Å²) in [6.45, 7) is 4.29. The van der Waals surface area contributed by atoms with Gasteiger partial charge in [-0.05, 0) is 69.0 Å². The number of allylic oxidation sites excluding steroid dienone is 1. The summed E-state index contributed by atoms with van der Waals surface area (Å²) in [6, 6.07) is 7.34. The zero-order valence-electron chi connectivity index (χ0n) is 17.9. The van der Waals surface area contributed by atoms with Crippen LogP contribution in [0.1, 0.15) is 43.2 Å². The summed E-state index contributed by atoms with van der Waals surface area (Å²) < 4.78 is 3.06. The van der Waals surface area contributed by atoms with Gasteiger partial charge in [0.15, 0.2) is 0 Å². The summed E-state index contributed by atoms with van der Waals surface area (Å²) in [6.07, 6.45) is 7.79. The van der Waals surface area contributed by atoms with Crippen molar-refractivity contribution in [2.75, 3.05) is 6.54 Å². The van der Waals surface area contributed by atoms with E-state index in [1.807, 2.05) is 26.0 Å². The van der Waals surface area contributed by atoms with Crippen molar-refractivity contribution in [3.05, 3.63) is 73.3 Å². The van der Waals surface area contributed by atoms with Gasteiger partial charge in [-0.2, -0.15) is 0 Å². The maximum Gasteiger partial charge on any atom is 0.336 e. The summed E-state index contributed by atoms with van der Waals surface area (Å²) >= 11 is 1.29. The predicted molar refractivity (Wildman–Crippen MR) is 125 cm³/mol. The van der Waals surface area contributed by atoms with Crippen LogP contribution in [0.5, 0.6) is 0 Å². The number of benzene rings is 1. The number of carbonyl (C=O) groups is 1. The summed E-state index contributed by atoms with van der Waals surface area (Å²) in [5, 5.41) is 4.71. The summed E-state index contributed by atoms with van der Waals surface area (Å²) in [5.74, 6) is -0.225. The van der Waals surface area contributed by atoms with Gasteiger partial charge in [-0.3, -0.25) is 14.2 Å². The molecule has 1 amide bonds. The molecule has 1 aromatic carbocycles. The van der Waals surface area contributed by atoms with Gasteiger partial charge in [0, 0.05) is 6.54 Å². The molecule has 0 radical (unpaired) electrons. The molecule has 1 aliphatic rings. The Morgan fingerprint density at radius 1 is 1.16 bits per heavy atom. The monoisotopic (exact) mass is 437 g/mol. The highest BCUT2D eigenvalue weighted by molar-refractivity contribution is 7.17. The minimum Gasteiger partial charge on any atom is -0.354 e. The highest BCUT2D eigenvalue weighted by Gasteiger charge is 2.18. The Hall–Kier alpha value is -2.93. The number of aromatic nitrogens is 2. The van der Waals surface area contributed by atoms with Gasteiger partial charge in [0.2, 0.25) is 5.91 Å². The van der Waals surface area contributed by atoms with Crippen molar-refractivity contribution >= 4 is 27.5 Å². The lowest BCUT2D eigenvalue weighted by Crippen LogP contribution is -2.41. The first kappa shape index (κ1) is 21.3. The van der Waals surface area contributed by atoms with Crippen LogP contribution in [0.4, 0.5) is 0 Å². The van der Waals surface area contributed by atoms with Crippen LogP contribution >= 0.6 is 11.3 Å². The van der Waals surface area contributed by atoms with Crippen molar-refractivity contribution in [3.63, 3.8) is 0 Å². The standard InChI is InChI=1S/C24H27N3O3S/c1-16-8-9-19(17(2)14-16)27-23(29)22-20(11-13-31-22)26(24(27)30)15-21(28)25-12-10-18-6-4-3-5-7-18/h6,8-9,11,13-14H,3-5,7,10,12,15H2,1-2H3,(H,25,28). The molecular weight excluding hydrogens is 410 g/mol. The highest BCUT2D eigenvalue weighted by atomic mass is 32.1. The third kappa shape index (κ3) is 4.42. The summed E-state index contributed by atoms with van der Waals surface area (Å²) in [7, 11) is 0. The van der Waals surface area contributed by atoms with Gasteiger partial charge in [-0.25, -0.2) is 9.36 Å². The molecular formula is C24H27N3O3S. The van der Waals surface area contributed by atoms with Gasteiger partial charge >= 0.3 is 5.69 Å². The van der Waals surface area contributed by atoms with Gasteiger partial charge in [-0.1, -0.05) is 29.3 Å². The van der Waals surface area contributed by atoms with Crippen LogP contribution in [-0.2, 0) is 11.3 Å². The second-order valence-corrected chi connectivity index (χ2v) is 9.06. The van der Waals surface area contributed by atoms with Gasteiger partial charge in [0.25, 0.3) is 5.56 Å². The fourth-order valence-electron chi connectivity index (χ4n) is 4.20. The topological polar surface area (TPSA) is 73.1 Å². The average molecular weight is 438 g/mol. The number of aryl methyl sites for hydroxylation is 2. The highest BCUT2D eigenvalue weighted by Crippen LogP contribution is 2.20. The molecule has 1 aliphatic carbocycles. The third-order valence-corrected chi connectivity index (χ3v) is 6.69. The van der Waals surface area contributed by atoms with E-state index in [4.69, 9.17) is 0 Å². The van der Waals surface area contributed by atoms with E-state index in [0.29, 0.717) is 22.4 Å². The van der Waals surface area contributed by atoms with Crippen LogP contribution in [0.25, 0.3) is 15.9 Å². The number of nitrogens with one attached hydrogen (secondary N) is 1. The van der Waals surface area contributed by atoms with E-state index in [1.54, 1.807) is 17.5 Å². The van der Waals surface area contributed by atoms with Gasteiger partial charge < -0.3 is 5.32 Å². The second-order valence-electron chi connectivity index (χ2n) is 8.14. The minimum atomic E-state index is -0.493. The molecule has 0 aliphatic heterocycles. The Bertz CT molecular complexity index is 1280. The van der Waals surface area contributed by atoms with E-state index >= 15 is 0 Å². The predicted octanol–water partition coefficient (Wildman–Crippen LogP) is 3.84. The van der Waals surface area contributed by atoms with Gasteiger partial charge in [0.05, 0.1) is 11.2 Å². The number of hydrogen-bond acceptors (Lipinski definition) is 4. The smallest absolute Gasteiger partial charge is 0.336 e. The van der Waals surface area contributed by atoms with Crippen molar-refractivity contribution in [3.8, 4) is 5.69 Å². The van der Waals surface area contributed by atoms with E-state index in [9.17, 15) is 14.4 Å². The Balaban J connectivity index is 1.64. The maximum atomic E-state index is 13.3. The lowest BCUT2D eigenvalue weighted by molar-refractivity contribution is -0.121. The molecule has 0 spiro atoms. The number of fused-ring (bicyclic) bond motifs is 1. The lowest BCUT2D eigenvalue weighted by Gasteiger charge is -2.15. The zero-order chi connectivity index (χ0) is 22.0. The molecule has 4 rings (SSSR count). The van der Waals surface area contributed by atoms with Gasteiger partial charge in [-0.15, -0.1) is 11.3 Å². The van der Waals surface area contributed by atoms with Crippen LogP contribution < -0.4 is 16.6 Å². The Kier molecular flexibility index (Phi) is 6.23. The van der Waals surface area contributed by atoms with Crippen molar-refractivity contribution in [1.82, 2.24) is 14.5 Å². The largest absolute Gasteiger partial charge is 0.354 e. The first-order valence-electron chi connectivity index (χ1n) is 10.7. The molecule has 2 aromatic heterocycles. The van der Waals surface area contributed by atoms with E-state index in [2.05, 4.69) is 11.4 Å². The lowest BCUT2D eigenvalue weighted by atomic mass is 9.97. The summed E-state index contributed by atoms with van der Waals surface area (Å²) in [5.41, 5.74) is 3.51. The molecule has 0 saturated heterocycles. The molecule has 3 aromatic rings. The number of carbonyl (C=O) groups excluding carboxylic acids is 1. The number of thiophene rings is 1. The SMILES string of the molecule is Cc1ccc(-n2c(=O)c3sccc3n(CC(=O)NCCC3=CCCCC3)c2=O)c(C)c1. The van der Waals surface area contributed by atoms with E-state index in [1.165, 1.54) is 38.9 Å². The molecule has 0 saturated carbocycles.